The standard InChI is InChI=1S/C7H17O10P/c8-1-3(9)5(11)7(13)6(12)4(10)2-17-18(14,15)16/h3-13H,1-2H2,(H2,14,15,16)/t3-,4+,5+,6+,7-/m0/s1. The Labute approximate surface area is 102 Å². The first kappa shape index (κ1) is 17.9. The van der Waals surface area contributed by atoms with Gasteiger partial charge in [-0.1, -0.05) is 0 Å². The van der Waals surface area contributed by atoms with Crippen molar-refractivity contribution in [2.24, 2.45) is 0 Å². The minimum absolute atomic E-state index is 0.889. The fourth-order valence-electron chi connectivity index (χ4n) is 1.04. The summed E-state index contributed by atoms with van der Waals surface area (Å²) < 4.78 is 14.2. The molecule has 0 unspecified atom stereocenters. The molecule has 0 saturated heterocycles. The van der Waals surface area contributed by atoms with Crippen molar-refractivity contribution in [3.05, 3.63) is 0 Å². The topological polar surface area (TPSA) is 188 Å². The maximum absolute atomic E-state index is 10.3. The van der Waals surface area contributed by atoms with Gasteiger partial charge in [-0.15, -0.1) is 0 Å². The Hall–Kier alpha value is -0.130. The maximum Gasteiger partial charge on any atom is 0.469 e. The van der Waals surface area contributed by atoms with Gasteiger partial charge in [0, 0.05) is 0 Å². The average Bonchev–Trinajstić information content (AvgIpc) is 2.31. The number of aliphatic hydroxyl groups is 6. The lowest BCUT2D eigenvalue weighted by atomic mass is 10.00. The minimum atomic E-state index is -4.84. The van der Waals surface area contributed by atoms with E-state index in [4.69, 9.17) is 20.0 Å². The maximum atomic E-state index is 10.3. The Morgan fingerprint density at radius 2 is 1.33 bits per heavy atom. The summed E-state index contributed by atoms with van der Waals surface area (Å²) >= 11 is 0. The van der Waals surface area contributed by atoms with E-state index in [2.05, 4.69) is 4.52 Å². The van der Waals surface area contributed by atoms with E-state index in [1.807, 2.05) is 0 Å². The second kappa shape index (κ2) is 7.46. The molecule has 110 valence electrons. The Bertz CT molecular complexity index is 279. The number of phosphoric ester groups is 1. The SMILES string of the molecule is O=P(O)(O)OC[C@@H](O)[C@@H](O)[C@@H](O)[C@H](O)[C@@H](O)CO. The highest BCUT2D eigenvalue weighted by Gasteiger charge is 2.34. The van der Waals surface area contributed by atoms with Crippen molar-refractivity contribution in [1.29, 1.82) is 0 Å². The Morgan fingerprint density at radius 3 is 1.72 bits per heavy atom. The van der Waals surface area contributed by atoms with Crippen LogP contribution in [0.15, 0.2) is 0 Å². The van der Waals surface area contributed by atoms with Crippen LogP contribution in [0.2, 0.25) is 0 Å². The lowest BCUT2D eigenvalue weighted by Gasteiger charge is -2.28. The molecule has 10 nitrogen and oxygen atoms in total. The Balaban J connectivity index is 4.36. The molecule has 0 spiro atoms. The van der Waals surface area contributed by atoms with Crippen LogP contribution in [-0.4, -0.2) is 84.2 Å². The highest BCUT2D eigenvalue weighted by molar-refractivity contribution is 7.46. The zero-order valence-electron chi connectivity index (χ0n) is 9.14. The van der Waals surface area contributed by atoms with Crippen molar-refractivity contribution in [3.63, 3.8) is 0 Å². The molecular weight excluding hydrogens is 275 g/mol. The van der Waals surface area contributed by atoms with Gasteiger partial charge in [-0.05, 0) is 0 Å². The quantitative estimate of drug-likeness (QED) is 0.204. The van der Waals surface area contributed by atoms with Crippen LogP contribution in [0, 0.1) is 0 Å². The van der Waals surface area contributed by atoms with Crippen molar-refractivity contribution in [2.75, 3.05) is 13.2 Å². The van der Waals surface area contributed by atoms with Gasteiger partial charge < -0.3 is 40.4 Å². The average molecular weight is 292 g/mol. The lowest BCUT2D eigenvalue weighted by molar-refractivity contribution is -0.145. The minimum Gasteiger partial charge on any atom is -0.394 e. The molecule has 0 saturated carbocycles. The summed E-state index contributed by atoms with van der Waals surface area (Å²) in [4.78, 5) is 16.7. The summed E-state index contributed by atoms with van der Waals surface area (Å²) in [5, 5.41) is 54.5. The van der Waals surface area contributed by atoms with Crippen molar-refractivity contribution in [2.45, 2.75) is 30.5 Å². The van der Waals surface area contributed by atoms with E-state index in [9.17, 15) is 25.0 Å². The van der Waals surface area contributed by atoms with Gasteiger partial charge in [-0.25, -0.2) is 4.57 Å². The predicted molar refractivity (Wildman–Crippen MR) is 55.1 cm³/mol. The van der Waals surface area contributed by atoms with Gasteiger partial charge in [0.1, 0.15) is 30.5 Å². The molecule has 0 heterocycles. The summed E-state index contributed by atoms with van der Waals surface area (Å²) in [6.07, 6.45) is -9.68. The van der Waals surface area contributed by atoms with Crippen molar-refractivity contribution in [1.82, 2.24) is 0 Å². The van der Waals surface area contributed by atoms with Crippen LogP contribution in [-0.2, 0) is 9.09 Å². The van der Waals surface area contributed by atoms with Gasteiger partial charge in [-0.2, -0.15) is 0 Å². The molecule has 0 aliphatic carbocycles. The van der Waals surface area contributed by atoms with Crippen molar-refractivity contribution >= 4 is 7.82 Å². The van der Waals surface area contributed by atoms with Gasteiger partial charge in [0.25, 0.3) is 0 Å². The molecule has 8 N–H and O–H groups in total. The van der Waals surface area contributed by atoms with Crippen LogP contribution in [0.25, 0.3) is 0 Å². The number of aliphatic hydroxyl groups excluding tert-OH is 6. The molecular formula is C7H17O10P. The molecule has 0 aromatic rings. The molecule has 0 fully saturated rings. The monoisotopic (exact) mass is 292 g/mol. The zero-order valence-corrected chi connectivity index (χ0v) is 10.0. The molecule has 0 bridgehead atoms. The Morgan fingerprint density at radius 1 is 0.889 bits per heavy atom. The summed E-state index contributed by atoms with van der Waals surface area (Å²) in [5.41, 5.74) is 0. The smallest absolute Gasteiger partial charge is 0.394 e. The molecule has 11 heteroatoms. The molecule has 0 amide bonds. The van der Waals surface area contributed by atoms with Gasteiger partial charge in [0.2, 0.25) is 0 Å². The second-order valence-corrected chi connectivity index (χ2v) is 4.81. The third-order valence-corrected chi connectivity index (χ3v) is 2.57. The molecule has 0 rings (SSSR count). The largest absolute Gasteiger partial charge is 0.469 e. The molecule has 0 aromatic carbocycles. The zero-order chi connectivity index (χ0) is 14.5. The predicted octanol–water partition coefficient (Wildman–Crippen LogP) is -4.11. The van der Waals surface area contributed by atoms with Crippen LogP contribution < -0.4 is 0 Å². The molecule has 0 aliphatic heterocycles. The first-order chi connectivity index (χ1) is 8.10. The normalized spacial score (nSPS) is 21.1. The van der Waals surface area contributed by atoms with Crippen molar-refractivity contribution in [3.8, 4) is 0 Å². The Kier molecular flexibility index (Phi) is 7.40. The third-order valence-electron chi connectivity index (χ3n) is 2.09. The van der Waals surface area contributed by atoms with E-state index >= 15 is 0 Å². The van der Waals surface area contributed by atoms with E-state index in [0.29, 0.717) is 0 Å². The molecule has 5 atom stereocenters. The highest BCUT2D eigenvalue weighted by Crippen LogP contribution is 2.35. The second-order valence-electron chi connectivity index (χ2n) is 3.58. The number of rotatable bonds is 8. The van der Waals surface area contributed by atoms with Gasteiger partial charge >= 0.3 is 7.82 Å². The molecule has 0 aromatic heterocycles. The first-order valence-electron chi connectivity index (χ1n) is 4.81. The van der Waals surface area contributed by atoms with Gasteiger partial charge in [-0.3, -0.25) is 4.52 Å². The molecule has 18 heavy (non-hydrogen) atoms. The molecule has 0 radical (unpaired) electrons. The summed E-state index contributed by atoms with van der Waals surface area (Å²) in [7, 11) is -4.84. The van der Waals surface area contributed by atoms with Crippen LogP contribution in [0.1, 0.15) is 0 Å². The summed E-state index contributed by atoms with van der Waals surface area (Å²) in [6.45, 7) is -1.88. The fourth-order valence-corrected chi connectivity index (χ4v) is 1.38. The van der Waals surface area contributed by atoms with Crippen LogP contribution in [0.3, 0.4) is 0 Å². The lowest BCUT2D eigenvalue weighted by Crippen LogP contribution is -2.50. The highest BCUT2D eigenvalue weighted by atomic mass is 31.2. The van der Waals surface area contributed by atoms with E-state index in [1.54, 1.807) is 0 Å². The van der Waals surface area contributed by atoms with Crippen LogP contribution in [0.5, 0.6) is 0 Å². The van der Waals surface area contributed by atoms with E-state index in [1.165, 1.54) is 0 Å². The van der Waals surface area contributed by atoms with Crippen LogP contribution >= 0.6 is 7.82 Å². The fraction of sp³-hybridized carbons (Fsp3) is 1.00. The molecule has 0 aliphatic rings. The summed E-state index contributed by atoms with van der Waals surface area (Å²) in [6, 6.07) is 0. The van der Waals surface area contributed by atoms with Crippen molar-refractivity contribution < 1.29 is 49.5 Å². The van der Waals surface area contributed by atoms with Gasteiger partial charge in [0.15, 0.2) is 0 Å². The van der Waals surface area contributed by atoms with Crippen LogP contribution in [0.4, 0.5) is 0 Å². The number of hydrogen-bond acceptors (Lipinski definition) is 8. The number of phosphoric acid groups is 1. The van der Waals surface area contributed by atoms with Gasteiger partial charge in [0.05, 0.1) is 13.2 Å². The van der Waals surface area contributed by atoms with E-state index in [-0.39, 0.29) is 0 Å². The van der Waals surface area contributed by atoms with E-state index in [0.717, 1.165) is 0 Å². The van der Waals surface area contributed by atoms with E-state index < -0.39 is 51.6 Å². The third kappa shape index (κ3) is 6.16. The number of hydrogen-bond donors (Lipinski definition) is 8. The first-order valence-corrected chi connectivity index (χ1v) is 6.34. The summed E-state index contributed by atoms with van der Waals surface area (Å²) in [5.74, 6) is 0.